The molecule has 0 aliphatic heterocycles. The lowest BCUT2D eigenvalue weighted by Gasteiger charge is -2.31. The predicted octanol–water partition coefficient (Wildman–Crippen LogP) is 5.65. The number of hydrogen-bond acceptors (Lipinski definition) is 3. The molecule has 1 aliphatic carbocycles. The summed E-state index contributed by atoms with van der Waals surface area (Å²) in [6.07, 6.45) is 8.22. The fourth-order valence-electron chi connectivity index (χ4n) is 3.45. The molecule has 21 heavy (non-hydrogen) atoms. The van der Waals surface area contributed by atoms with Crippen molar-refractivity contribution in [2.75, 3.05) is 0 Å². The van der Waals surface area contributed by atoms with E-state index in [2.05, 4.69) is 47.3 Å². The Balaban J connectivity index is 1.66. The van der Waals surface area contributed by atoms with Crippen molar-refractivity contribution >= 4 is 22.7 Å². The summed E-state index contributed by atoms with van der Waals surface area (Å²) in [6.45, 7) is 2.39. The zero-order valence-electron chi connectivity index (χ0n) is 12.8. The molecule has 2 aromatic heterocycles. The van der Waals surface area contributed by atoms with E-state index in [9.17, 15) is 0 Å². The van der Waals surface area contributed by atoms with E-state index in [1.54, 1.807) is 0 Å². The van der Waals surface area contributed by atoms with Crippen molar-refractivity contribution in [3.8, 4) is 0 Å². The van der Waals surface area contributed by atoms with E-state index in [1.165, 1.54) is 41.9 Å². The Hall–Kier alpha value is -0.640. The quantitative estimate of drug-likeness (QED) is 0.725. The molecule has 0 radical (unpaired) electrons. The highest BCUT2D eigenvalue weighted by molar-refractivity contribution is 7.10. The van der Waals surface area contributed by atoms with Crippen LogP contribution in [0.25, 0.3) is 0 Å². The average molecular weight is 320 g/mol. The van der Waals surface area contributed by atoms with Crippen molar-refractivity contribution in [3.05, 3.63) is 44.8 Å². The molecule has 114 valence electrons. The molecule has 2 unspecified atom stereocenters. The number of rotatable bonds is 6. The molecule has 1 saturated carbocycles. The summed E-state index contributed by atoms with van der Waals surface area (Å²) in [5, 5.41) is 8.33. The molecule has 1 N–H and O–H groups in total. The van der Waals surface area contributed by atoms with E-state index in [4.69, 9.17) is 0 Å². The molecule has 0 amide bonds. The van der Waals surface area contributed by atoms with E-state index >= 15 is 0 Å². The largest absolute Gasteiger partial charge is 0.306 e. The molecule has 2 heterocycles. The van der Waals surface area contributed by atoms with Gasteiger partial charge in [0.25, 0.3) is 0 Å². The van der Waals surface area contributed by atoms with Crippen LogP contribution >= 0.6 is 22.7 Å². The summed E-state index contributed by atoms with van der Waals surface area (Å²) < 4.78 is 0. The van der Waals surface area contributed by atoms with Crippen LogP contribution in [-0.2, 0) is 6.42 Å². The summed E-state index contributed by atoms with van der Waals surface area (Å²) >= 11 is 3.76. The van der Waals surface area contributed by atoms with Crippen LogP contribution in [0, 0.1) is 5.92 Å². The van der Waals surface area contributed by atoms with Crippen LogP contribution in [0.15, 0.2) is 35.0 Å². The lowest BCUT2D eigenvalue weighted by atomic mass is 9.84. The van der Waals surface area contributed by atoms with Gasteiger partial charge >= 0.3 is 0 Å². The van der Waals surface area contributed by atoms with Crippen LogP contribution in [0.5, 0.6) is 0 Å². The third-order valence-electron chi connectivity index (χ3n) is 4.69. The van der Waals surface area contributed by atoms with E-state index in [-0.39, 0.29) is 0 Å². The molecule has 2 atom stereocenters. The fraction of sp³-hybridized carbons (Fsp3) is 0.556. The van der Waals surface area contributed by atoms with Crippen molar-refractivity contribution in [2.45, 2.75) is 57.5 Å². The molecule has 1 aliphatic rings. The molecule has 0 saturated heterocycles. The monoisotopic (exact) mass is 319 g/mol. The van der Waals surface area contributed by atoms with Gasteiger partial charge in [-0.3, -0.25) is 0 Å². The fourth-order valence-corrected chi connectivity index (χ4v) is 4.99. The van der Waals surface area contributed by atoms with E-state index in [0.717, 1.165) is 12.3 Å². The van der Waals surface area contributed by atoms with Gasteiger partial charge in [0, 0.05) is 28.3 Å². The molecule has 1 fully saturated rings. The van der Waals surface area contributed by atoms with Gasteiger partial charge in [0.2, 0.25) is 0 Å². The highest BCUT2D eigenvalue weighted by atomic mass is 32.1. The standard InChI is InChI=1S/C18H25NS2/c1-14(15-7-3-2-4-8-15)19-17(18-10-6-12-21-18)13-16-9-5-11-20-16/h5-6,9-12,14-15,17,19H,2-4,7-8,13H2,1H3. The van der Waals surface area contributed by atoms with Crippen molar-refractivity contribution in [1.82, 2.24) is 5.32 Å². The minimum absolute atomic E-state index is 0.473. The van der Waals surface area contributed by atoms with Crippen molar-refractivity contribution < 1.29 is 0 Å². The molecular weight excluding hydrogens is 294 g/mol. The Bertz CT molecular complexity index is 497. The molecule has 2 aromatic rings. The van der Waals surface area contributed by atoms with Gasteiger partial charge in [-0.05, 0) is 48.6 Å². The summed E-state index contributed by atoms with van der Waals surface area (Å²) in [4.78, 5) is 2.96. The van der Waals surface area contributed by atoms with E-state index in [1.807, 2.05) is 22.7 Å². The van der Waals surface area contributed by atoms with Gasteiger partial charge in [-0.25, -0.2) is 0 Å². The number of thiophene rings is 2. The summed E-state index contributed by atoms with van der Waals surface area (Å²) in [6, 6.07) is 9.98. The van der Waals surface area contributed by atoms with E-state index < -0.39 is 0 Å². The first kappa shape index (κ1) is 15.3. The Kier molecular flexibility index (Phi) is 5.50. The SMILES string of the molecule is CC(NC(Cc1cccs1)c1cccs1)C1CCCCC1. The molecule has 3 rings (SSSR count). The van der Waals surface area contributed by atoms with Crippen LogP contribution in [-0.4, -0.2) is 6.04 Å². The van der Waals surface area contributed by atoms with Gasteiger partial charge in [-0.15, -0.1) is 22.7 Å². The first-order valence-electron chi connectivity index (χ1n) is 8.15. The van der Waals surface area contributed by atoms with Crippen LogP contribution in [0.2, 0.25) is 0 Å². The van der Waals surface area contributed by atoms with Crippen LogP contribution < -0.4 is 5.32 Å². The van der Waals surface area contributed by atoms with Gasteiger partial charge in [0.05, 0.1) is 0 Å². The van der Waals surface area contributed by atoms with Crippen molar-refractivity contribution in [3.63, 3.8) is 0 Å². The number of hydrogen-bond donors (Lipinski definition) is 1. The Morgan fingerprint density at radius 2 is 1.86 bits per heavy atom. The molecule has 0 aromatic carbocycles. The summed E-state index contributed by atoms with van der Waals surface area (Å²) in [5.74, 6) is 0.865. The van der Waals surface area contributed by atoms with Gasteiger partial charge < -0.3 is 5.32 Å². The van der Waals surface area contributed by atoms with Crippen molar-refractivity contribution in [2.24, 2.45) is 5.92 Å². The Labute approximate surface area is 136 Å². The van der Waals surface area contributed by atoms with Gasteiger partial charge in [0.1, 0.15) is 0 Å². The maximum Gasteiger partial charge on any atom is 0.0465 e. The maximum atomic E-state index is 3.94. The average Bonchev–Trinajstić information content (AvgIpc) is 3.21. The number of nitrogens with one attached hydrogen (secondary N) is 1. The minimum atomic E-state index is 0.473. The van der Waals surface area contributed by atoms with Crippen LogP contribution in [0.4, 0.5) is 0 Å². The van der Waals surface area contributed by atoms with Gasteiger partial charge in [0.15, 0.2) is 0 Å². The summed E-state index contributed by atoms with van der Waals surface area (Å²) in [7, 11) is 0. The van der Waals surface area contributed by atoms with Crippen molar-refractivity contribution in [1.29, 1.82) is 0 Å². The zero-order valence-corrected chi connectivity index (χ0v) is 14.4. The van der Waals surface area contributed by atoms with Gasteiger partial charge in [-0.1, -0.05) is 31.4 Å². The van der Waals surface area contributed by atoms with Crippen LogP contribution in [0.1, 0.15) is 54.8 Å². The topological polar surface area (TPSA) is 12.0 Å². The Morgan fingerprint density at radius 3 is 2.52 bits per heavy atom. The molecular formula is C18H25NS2. The van der Waals surface area contributed by atoms with Crippen LogP contribution in [0.3, 0.4) is 0 Å². The predicted molar refractivity (Wildman–Crippen MR) is 94.3 cm³/mol. The summed E-state index contributed by atoms with van der Waals surface area (Å²) in [5.41, 5.74) is 0. The molecule has 3 heteroatoms. The van der Waals surface area contributed by atoms with Gasteiger partial charge in [-0.2, -0.15) is 0 Å². The second-order valence-corrected chi connectivity index (χ2v) is 8.22. The second kappa shape index (κ2) is 7.57. The molecule has 0 bridgehead atoms. The molecule has 0 spiro atoms. The highest BCUT2D eigenvalue weighted by Crippen LogP contribution is 2.30. The highest BCUT2D eigenvalue weighted by Gasteiger charge is 2.23. The lowest BCUT2D eigenvalue weighted by molar-refractivity contribution is 0.265. The zero-order chi connectivity index (χ0) is 14.5. The van der Waals surface area contributed by atoms with E-state index in [0.29, 0.717) is 12.1 Å². The third-order valence-corrected chi connectivity index (χ3v) is 6.58. The normalized spacial score (nSPS) is 19.5. The second-order valence-electron chi connectivity index (χ2n) is 6.20. The first-order valence-corrected chi connectivity index (χ1v) is 9.90. The first-order chi connectivity index (χ1) is 10.3. The third kappa shape index (κ3) is 4.18. The molecule has 1 nitrogen and oxygen atoms in total. The minimum Gasteiger partial charge on any atom is -0.306 e. The smallest absolute Gasteiger partial charge is 0.0465 e. The maximum absolute atomic E-state index is 3.94. The Morgan fingerprint density at radius 1 is 1.10 bits per heavy atom. The lowest BCUT2D eigenvalue weighted by Crippen LogP contribution is -2.37.